The standard InChI is InChI=1S/C36H23BrClN/c1-36(24-19-18-22-10-2-3-11-23(22)20-24)27-14-6-4-12-25(27)33-28(36)21-29(37)34-26-13-5-8-16-31(26)39(35(33)34)32-17-9-7-15-30(32)38/h2-21H,1H3. The molecule has 0 amide bonds. The Kier molecular flexibility index (Phi) is 4.92. The summed E-state index contributed by atoms with van der Waals surface area (Å²) in [5.74, 6) is 0. The fourth-order valence-electron chi connectivity index (χ4n) is 6.76. The summed E-state index contributed by atoms with van der Waals surface area (Å²) < 4.78 is 3.46. The van der Waals surface area contributed by atoms with Crippen molar-refractivity contribution in [2.24, 2.45) is 0 Å². The summed E-state index contributed by atoms with van der Waals surface area (Å²) in [6.45, 7) is 2.38. The van der Waals surface area contributed by atoms with E-state index in [4.69, 9.17) is 11.6 Å². The van der Waals surface area contributed by atoms with E-state index in [2.05, 4.69) is 137 Å². The van der Waals surface area contributed by atoms with E-state index in [1.807, 2.05) is 12.1 Å². The van der Waals surface area contributed by atoms with Gasteiger partial charge in [-0.15, -0.1) is 0 Å². The molecule has 1 heterocycles. The highest BCUT2D eigenvalue weighted by Gasteiger charge is 2.43. The van der Waals surface area contributed by atoms with Gasteiger partial charge in [-0.25, -0.2) is 0 Å². The van der Waals surface area contributed by atoms with Crippen molar-refractivity contribution in [2.75, 3.05) is 0 Å². The number of halogens is 2. The maximum absolute atomic E-state index is 6.88. The van der Waals surface area contributed by atoms with Gasteiger partial charge in [0.25, 0.3) is 0 Å². The Morgan fingerprint density at radius 3 is 2.28 bits per heavy atom. The average molecular weight is 585 g/mol. The highest BCUT2D eigenvalue weighted by molar-refractivity contribution is 9.10. The Bertz CT molecular complexity index is 2120. The molecule has 7 aromatic rings. The van der Waals surface area contributed by atoms with Crippen LogP contribution in [0.3, 0.4) is 0 Å². The van der Waals surface area contributed by atoms with Gasteiger partial charge < -0.3 is 4.57 Å². The maximum Gasteiger partial charge on any atom is 0.0648 e. The van der Waals surface area contributed by atoms with E-state index in [0.717, 1.165) is 20.7 Å². The summed E-state index contributed by atoms with van der Waals surface area (Å²) in [5, 5.41) is 5.66. The monoisotopic (exact) mass is 583 g/mol. The Labute approximate surface area is 240 Å². The largest absolute Gasteiger partial charge is 0.307 e. The second-order valence-corrected chi connectivity index (χ2v) is 11.8. The van der Waals surface area contributed by atoms with Crippen LogP contribution in [-0.2, 0) is 5.41 Å². The Morgan fingerprint density at radius 1 is 0.692 bits per heavy atom. The van der Waals surface area contributed by atoms with Crippen LogP contribution >= 0.6 is 27.5 Å². The smallest absolute Gasteiger partial charge is 0.0648 e. The summed E-state index contributed by atoms with van der Waals surface area (Å²) in [4.78, 5) is 0. The van der Waals surface area contributed by atoms with Gasteiger partial charge in [0, 0.05) is 26.2 Å². The lowest BCUT2D eigenvalue weighted by Crippen LogP contribution is -2.22. The third kappa shape index (κ3) is 3.07. The molecule has 0 fully saturated rings. The molecule has 3 heteroatoms. The van der Waals surface area contributed by atoms with Crippen molar-refractivity contribution in [3.63, 3.8) is 0 Å². The van der Waals surface area contributed by atoms with Crippen molar-refractivity contribution in [2.45, 2.75) is 12.3 Å². The van der Waals surface area contributed by atoms with Crippen molar-refractivity contribution < 1.29 is 0 Å². The third-order valence-corrected chi connectivity index (χ3v) is 9.53. The van der Waals surface area contributed by atoms with Gasteiger partial charge in [-0.2, -0.15) is 0 Å². The van der Waals surface area contributed by atoms with Crippen LogP contribution in [0.2, 0.25) is 5.02 Å². The lowest BCUT2D eigenvalue weighted by atomic mass is 9.74. The van der Waals surface area contributed by atoms with Gasteiger partial charge in [0.1, 0.15) is 0 Å². The molecule has 1 aliphatic carbocycles. The Balaban J connectivity index is 1.57. The molecule has 1 atom stereocenters. The minimum atomic E-state index is -0.325. The van der Waals surface area contributed by atoms with Crippen molar-refractivity contribution in [1.82, 2.24) is 4.57 Å². The Hall–Kier alpha value is -3.85. The normalized spacial score (nSPS) is 16.2. The molecule has 0 bridgehead atoms. The molecule has 6 aromatic carbocycles. The predicted molar refractivity (Wildman–Crippen MR) is 168 cm³/mol. The molecule has 0 radical (unpaired) electrons. The molecule has 1 aliphatic rings. The first-order valence-corrected chi connectivity index (χ1v) is 14.3. The molecular formula is C36H23BrClN. The summed E-state index contributed by atoms with van der Waals surface area (Å²) in [6.07, 6.45) is 0. The van der Waals surface area contributed by atoms with Gasteiger partial charge in [-0.05, 0) is 70.3 Å². The van der Waals surface area contributed by atoms with E-state index in [-0.39, 0.29) is 5.41 Å². The minimum Gasteiger partial charge on any atom is -0.307 e. The van der Waals surface area contributed by atoms with Crippen molar-refractivity contribution in [3.8, 4) is 16.8 Å². The van der Waals surface area contributed by atoms with E-state index < -0.39 is 0 Å². The predicted octanol–water partition coefficient (Wildman–Crippen LogP) is 10.7. The van der Waals surface area contributed by atoms with Crippen molar-refractivity contribution >= 4 is 60.1 Å². The molecule has 1 unspecified atom stereocenters. The molecule has 0 saturated heterocycles. The van der Waals surface area contributed by atoms with Crippen molar-refractivity contribution in [3.05, 3.63) is 148 Å². The molecular weight excluding hydrogens is 562 g/mol. The van der Waals surface area contributed by atoms with Crippen LogP contribution in [0.1, 0.15) is 23.6 Å². The first-order chi connectivity index (χ1) is 19.1. The first-order valence-electron chi connectivity index (χ1n) is 13.2. The van der Waals surface area contributed by atoms with E-state index >= 15 is 0 Å². The summed E-state index contributed by atoms with van der Waals surface area (Å²) in [5.41, 5.74) is 9.46. The maximum atomic E-state index is 6.88. The van der Waals surface area contributed by atoms with Crippen LogP contribution in [0, 0.1) is 0 Å². The van der Waals surface area contributed by atoms with Gasteiger partial charge in [0.2, 0.25) is 0 Å². The average Bonchev–Trinajstić information content (AvgIpc) is 3.44. The van der Waals surface area contributed by atoms with Crippen molar-refractivity contribution in [1.29, 1.82) is 0 Å². The number of nitrogens with zero attached hydrogens (tertiary/aromatic N) is 1. The number of hydrogen-bond acceptors (Lipinski definition) is 0. The van der Waals surface area contributed by atoms with Gasteiger partial charge in [-0.3, -0.25) is 0 Å². The highest BCUT2D eigenvalue weighted by Crippen LogP contribution is 2.57. The van der Waals surface area contributed by atoms with Crippen LogP contribution in [0.4, 0.5) is 0 Å². The highest BCUT2D eigenvalue weighted by atomic mass is 79.9. The second kappa shape index (κ2) is 8.32. The van der Waals surface area contributed by atoms with E-state index in [0.29, 0.717) is 0 Å². The van der Waals surface area contributed by atoms with Crippen LogP contribution in [0.25, 0.3) is 49.4 Å². The van der Waals surface area contributed by atoms with Crippen LogP contribution < -0.4 is 0 Å². The lowest BCUT2D eigenvalue weighted by molar-refractivity contribution is 0.715. The van der Waals surface area contributed by atoms with Gasteiger partial charge in [0.05, 0.1) is 21.7 Å². The molecule has 8 rings (SSSR count). The zero-order valence-corrected chi connectivity index (χ0v) is 23.6. The van der Waals surface area contributed by atoms with E-state index in [1.54, 1.807) is 0 Å². The zero-order chi connectivity index (χ0) is 26.3. The fourth-order valence-corrected chi connectivity index (χ4v) is 7.61. The Morgan fingerprint density at radius 2 is 1.41 bits per heavy atom. The molecule has 186 valence electrons. The molecule has 1 aromatic heterocycles. The fraction of sp³-hybridized carbons (Fsp3) is 0.0556. The van der Waals surface area contributed by atoms with Gasteiger partial charge in [-0.1, -0.05) is 119 Å². The van der Waals surface area contributed by atoms with Gasteiger partial charge in [0.15, 0.2) is 0 Å². The quantitative estimate of drug-likeness (QED) is 0.190. The second-order valence-electron chi connectivity index (χ2n) is 10.5. The molecule has 1 nitrogen and oxygen atoms in total. The number of rotatable bonds is 2. The molecule has 0 saturated carbocycles. The number of benzene rings is 6. The van der Waals surface area contributed by atoms with Crippen LogP contribution in [-0.4, -0.2) is 4.57 Å². The van der Waals surface area contributed by atoms with E-state index in [1.165, 1.54) is 54.9 Å². The first kappa shape index (κ1) is 23.1. The molecule has 0 spiro atoms. The zero-order valence-electron chi connectivity index (χ0n) is 21.3. The third-order valence-electron chi connectivity index (χ3n) is 8.58. The number of aromatic nitrogens is 1. The van der Waals surface area contributed by atoms with Gasteiger partial charge >= 0.3 is 0 Å². The lowest BCUT2D eigenvalue weighted by Gasteiger charge is -2.29. The SMILES string of the molecule is CC1(c2ccc3ccccc3c2)c2ccccc2-c2c1cc(Br)c1c3ccccc3n(-c3ccccc3Cl)c21. The van der Waals surface area contributed by atoms with Crippen LogP contribution in [0.5, 0.6) is 0 Å². The molecule has 0 N–H and O–H groups in total. The summed E-state index contributed by atoms with van der Waals surface area (Å²) in [7, 11) is 0. The summed E-state index contributed by atoms with van der Waals surface area (Å²) >= 11 is 10.9. The summed E-state index contributed by atoms with van der Waals surface area (Å²) in [6, 6.07) is 43.6. The molecule has 39 heavy (non-hydrogen) atoms. The van der Waals surface area contributed by atoms with Crippen LogP contribution in [0.15, 0.2) is 126 Å². The number of para-hydroxylation sites is 2. The molecule has 0 aliphatic heterocycles. The topological polar surface area (TPSA) is 4.93 Å². The number of fused-ring (bicyclic) bond motifs is 8. The minimum absolute atomic E-state index is 0.325. The number of hydrogen-bond donors (Lipinski definition) is 0. The van der Waals surface area contributed by atoms with E-state index in [9.17, 15) is 0 Å².